The first-order valence-electron chi connectivity index (χ1n) is 6.37. The maximum atomic E-state index is 12.1. The van der Waals surface area contributed by atoms with E-state index in [4.69, 9.17) is 23.2 Å². The van der Waals surface area contributed by atoms with Crippen LogP contribution in [0.2, 0.25) is 10.2 Å². The fourth-order valence-electron chi connectivity index (χ4n) is 2.21. The average molecular weight is 339 g/mol. The molecule has 1 aliphatic carbocycles. The zero-order chi connectivity index (χ0) is 14.8. The highest BCUT2D eigenvalue weighted by atomic mass is 35.5. The van der Waals surface area contributed by atoms with Crippen LogP contribution in [0.1, 0.15) is 25.7 Å². The SMILES string of the molecule is O=S(=O)(NCC1CCC(O)CC1)c1cnc(Cl)c(Cl)c1. The van der Waals surface area contributed by atoms with E-state index in [1.54, 1.807) is 0 Å². The molecular weight excluding hydrogens is 323 g/mol. The molecule has 0 bridgehead atoms. The Hall–Kier alpha value is -0.400. The van der Waals surface area contributed by atoms with Crippen molar-refractivity contribution in [2.45, 2.75) is 36.7 Å². The van der Waals surface area contributed by atoms with Crippen LogP contribution in [0, 0.1) is 5.92 Å². The van der Waals surface area contributed by atoms with E-state index in [-0.39, 0.29) is 27.1 Å². The van der Waals surface area contributed by atoms with Crippen LogP contribution < -0.4 is 4.72 Å². The van der Waals surface area contributed by atoms with Gasteiger partial charge in [0, 0.05) is 12.7 Å². The van der Waals surface area contributed by atoms with Crippen LogP contribution in [0.15, 0.2) is 17.2 Å². The highest BCUT2D eigenvalue weighted by Gasteiger charge is 2.22. The molecule has 0 saturated heterocycles. The molecule has 8 heteroatoms. The highest BCUT2D eigenvalue weighted by Crippen LogP contribution is 2.25. The second-order valence-electron chi connectivity index (χ2n) is 4.97. The predicted molar refractivity (Wildman–Crippen MR) is 77.4 cm³/mol. The summed E-state index contributed by atoms with van der Waals surface area (Å²) in [6, 6.07) is 1.28. The molecule has 0 unspecified atom stereocenters. The van der Waals surface area contributed by atoms with Crippen LogP contribution in [0.5, 0.6) is 0 Å². The van der Waals surface area contributed by atoms with Gasteiger partial charge in [-0.05, 0) is 37.7 Å². The van der Waals surface area contributed by atoms with Crippen molar-refractivity contribution in [3.63, 3.8) is 0 Å². The first kappa shape index (κ1) is 16.0. The van der Waals surface area contributed by atoms with Crippen LogP contribution in [-0.2, 0) is 10.0 Å². The summed E-state index contributed by atoms with van der Waals surface area (Å²) < 4.78 is 26.8. The number of aliphatic hydroxyl groups is 1. The molecule has 112 valence electrons. The lowest BCUT2D eigenvalue weighted by Crippen LogP contribution is -2.32. The molecule has 0 radical (unpaired) electrons. The lowest BCUT2D eigenvalue weighted by Gasteiger charge is -2.25. The van der Waals surface area contributed by atoms with Gasteiger partial charge in [0.2, 0.25) is 10.0 Å². The topological polar surface area (TPSA) is 79.3 Å². The summed E-state index contributed by atoms with van der Waals surface area (Å²) in [6.45, 7) is 0.356. The fraction of sp³-hybridized carbons (Fsp3) is 0.583. The molecule has 0 atom stereocenters. The first-order chi connectivity index (χ1) is 9.38. The van der Waals surface area contributed by atoms with Gasteiger partial charge in [-0.3, -0.25) is 0 Å². The highest BCUT2D eigenvalue weighted by molar-refractivity contribution is 7.89. The van der Waals surface area contributed by atoms with E-state index in [9.17, 15) is 13.5 Å². The Morgan fingerprint density at radius 3 is 2.55 bits per heavy atom. The van der Waals surface area contributed by atoms with E-state index in [0.717, 1.165) is 25.7 Å². The molecule has 0 aromatic carbocycles. The minimum atomic E-state index is -3.63. The summed E-state index contributed by atoms with van der Waals surface area (Å²) in [5.41, 5.74) is 0. The zero-order valence-corrected chi connectivity index (χ0v) is 13.0. The van der Waals surface area contributed by atoms with Crippen molar-refractivity contribution < 1.29 is 13.5 Å². The first-order valence-corrected chi connectivity index (χ1v) is 8.61. The third-order valence-electron chi connectivity index (χ3n) is 3.46. The van der Waals surface area contributed by atoms with Crippen LogP contribution in [0.4, 0.5) is 0 Å². The molecule has 20 heavy (non-hydrogen) atoms. The second kappa shape index (κ2) is 6.58. The number of aromatic nitrogens is 1. The van der Waals surface area contributed by atoms with E-state index >= 15 is 0 Å². The van der Waals surface area contributed by atoms with Gasteiger partial charge in [-0.15, -0.1) is 0 Å². The van der Waals surface area contributed by atoms with Gasteiger partial charge >= 0.3 is 0 Å². The quantitative estimate of drug-likeness (QED) is 0.825. The molecule has 0 spiro atoms. The molecule has 1 fully saturated rings. The van der Waals surface area contributed by atoms with Crippen molar-refractivity contribution >= 4 is 33.2 Å². The molecule has 2 rings (SSSR count). The molecular formula is C12H16Cl2N2O3S. The summed E-state index contributed by atoms with van der Waals surface area (Å²) in [7, 11) is -3.63. The predicted octanol–water partition coefficient (Wildman–Crippen LogP) is 2.22. The lowest BCUT2D eigenvalue weighted by molar-refractivity contribution is 0.109. The Labute approximate surface area is 128 Å². The number of hydrogen-bond donors (Lipinski definition) is 2. The third-order valence-corrected chi connectivity index (χ3v) is 5.54. The van der Waals surface area contributed by atoms with Gasteiger partial charge in [-0.25, -0.2) is 18.1 Å². The Balaban J connectivity index is 1.98. The number of aliphatic hydroxyl groups excluding tert-OH is 1. The van der Waals surface area contributed by atoms with Crippen LogP contribution in [0.3, 0.4) is 0 Å². The van der Waals surface area contributed by atoms with E-state index in [1.165, 1.54) is 12.3 Å². The van der Waals surface area contributed by atoms with Gasteiger partial charge in [0.05, 0.1) is 11.1 Å². The Morgan fingerprint density at radius 1 is 1.30 bits per heavy atom. The van der Waals surface area contributed by atoms with Crippen molar-refractivity contribution in [3.8, 4) is 0 Å². The molecule has 0 amide bonds. The van der Waals surface area contributed by atoms with Crippen LogP contribution >= 0.6 is 23.2 Å². The van der Waals surface area contributed by atoms with Crippen molar-refractivity contribution in [3.05, 3.63) is 22.4 Å². The maximum absolute atomic E-state index is 12.1. The van der Waals surface area contributed by atoms with Crippen molar-refractivity contribution in [2.75, 3.05) is 6.54 Å². The molecule has 1 aromatic rings. The monoisotopic (exact) mass is 338 g/mol. The van der Waals surface area contributed by atoms with Gasteiger partial charge in [-0.2, -0.15) is 0 Å². The van der Waals surface area contributed by atoms with E-state index in [0.29, 0.717) is 6.54 Å². The number of sulfonamides is 1. The van der Waals surface area contributed by atoms with Gasteiger partial charge in [0.25, 0.3) is 0 Å². The normalized spacial score (nSPS) is 23.8. The van der Waals surface area contributed by atoms with Crippen LogP contribution in [-0.4, -0.2) is 31.2 Å². The summed E-state index contributed by atoms with van der Waals surface area (Å²) in [6.07, 6.45) is 4.03. The number of nitrogens with zero attached hydrogens (tertiary/aromatic N) is 1. The Kier molecular flexibility index (Phi) is 5.25. The molecule has 2 N–H and O–H groups in total. The largest absolute Gasteiger partial charge is 0.393 e. The van der Waals surface area contributed by atoms with Gasteiger partial charge in [0.15, 0.2) is 0 Å². The van der Waals surface area contributed by atoms with E-state index in [2.05, 4.69) is 9.71 Å². The maximum Gasteiger partial charge on any atom is 0.242 e. The summed E-state index contributed by atoms with van der Waals surface area (Å²) >= 11 is 11.4. The van der Waals surface area contributed by atoms with Gasteiger partial charge in [-0.1, -0.05) is 23.2 Å². The van der Waals surface area contributed by atoms with Gasteiger partial charge < -0.3 is 5.11 Å². The smallest absolute Gasteiger partial charge is 0.242 e. The minimum Gasteiger partial charge on any atom is -0.393 e. The van der Waals surface area contributed by atoms with E-state index in [1.807, 2.05) is 0 Å². The van der Waals surface area contributed by atoms with Gasteiger partial charge in [0.1, 0.15) is 10.0 Å². The fourth-order valence-corrected chi connectivity index (χ4v) is 3.63. The van der Waals surface area contributed by atoms with Crippen molar-refractivity contribution in [1.82, 2.24) is 9.71 Å². The van der Waals surface area contributed by atoms with E-state index < -0.39 is 10.0 Å². The molecule has 5 nitrogen and oxygen atoms in total. The second-order valence-corrected chi connectivity index (χ2v) is 7.50. The zero-order valence-electron chi connectivity index (χ0n) is 10.7. The summed E-state index contributed by atoms with van der Waals surface area (Å²) in [4.78, 5) is 3.73. The molecule has 1 aliphatic rings. The number of halogens is 2. The molecule has 1 aromatic heterocycles. The lowest BCUT2D eigenvalue weighted by atomic mass is 9.88. The molecule has 1 saturated carbocycles. The van der Waals surface area contributed by atoms with Crippen molar-refractivity contribution in [2.24, 2.45) is 5.92 Å². The Morgan fingerprint density at radius 2 is 1.95 bits per heavy atom. The minimum absolute atomic E-state index is 0.00254. The third kappa shape index (κ3) is 4.05. The van der Waals surface area contributed by atoms with Crippen LogP contribution in [0.25, 0.3) is 0 Å². The number of pyridine rings is 1. The number of hydrogen-bond acceptors (Lipinski definition) is 4. The molecule has 1 heterocycles. The number of nitrogens with one attached hydrogen (secondary N) is 1. The molecule has 0 aliphatic heterocycles. The standard InChI is InChI=1S/C12H16Cl2N2O3S/c13-11-5-10(7-15-12(11)14)20(18,19)16-6-8-1-3-9(17)4-2-8/h5,7-9,16-17H,1-4,6H2. The summed E-state index contributed by atoms with van der Waals surface area (Å²) in [5.74, 6) is 0.254. The van der Waals surface area contributed by atoms with Crippen molar-refractivity contribution in [1.29, 1.82) is 0 Å². The number of rotatable bonds is 4. The summed E-state index contributed by atoms with van der Waals surface area (Å²) in [5, 5.41) is 9.60. The average Bonchev–Trinajstić information content (AvgIpc) is 2.41. The Bertz CT molecular complexity index is 572.